The molecule has 0 amide bonds. The van der Waals surface area contributed by atoms with Gasteiger partial charge in [-0.1, -0.05) is 6.92 Å². The first kappa shape index (κ1) is 14.9. The van der Waals surface area contributed by atoms with Gasteiger partial charge >= 0.3 is 0 Å². The van der Waals surface area contributed by atoms with E-state index in [0.29, 0.717) is 5.75 Å². The van der Waals surface area contributed by atoms with Crippen LogP contribution in [0.15, 0.2) is 0 Å². The lowest BCUT2D eigenvalue weighted by Gasteiger charge is -2.09. The van der Waals surface area contributed by atoms with Crippen molar-refractivity contribution in [3.8, 4) is 0 Å². The highest BCUT2D eigenvalue weighted by atomic mass is 32.2. The Morgan fingerprint density at radius 3 is 2.27 bits per heavy atom. The third-order valence-electron chi connectivity index (χ3n) is 2.21. The van der Waals surface area contributed by atoms with Crippen LogP contribution >= 0.6 is 0 Å². The molecule has 0 saturated heterocycles. The van der Waals surface area contributed by atoms with E-state index in [1.54, 1.807) is 6.92 Å². The number of hydrogen-bond acceptors (Lipinski definition) is 4. The molecule has 0 bridgehead atoms. The lowest BCUT2D eigenvalue weighted by atomic mass is 10.4. The van der Waals surface area contributed by atoms with Gasteiger partial charge in [0, 0.05) is 5.75 Å². The molecule has 4 nitrogen and oxygen atoms in total. The zero-order valence-corrected chi connectivity index (χ0v) is 10.9. The van der Waals surface area contributed by atoms with E-state index >= 15 is 0 Å². The summed E-state index contributed by atoms with van der Waals surface area (Å²) in [5.41, 5.74) is 0. The maximum absolute atomic E-state index is 11.1. The Labute approximate surface area is 94.0 Å². The molecule has 0 unspecified atom stereocenters. The molecular weight excluding hydrogens is 212 g/mol. The van der Waals surface area contributed by atoms with E-state index in [0.717, 1.165) is 32.5 Å². The molecule has 92 valence electrons. The molecule has 0 aliphatic heterocycles. The number of rotatable bonds is 9. The molecule has 0 spiro atoms. The molecule has 0 rings (SSSR count). The molecule has 0 radical (unpaired) electrons. The van der Waals surface area contributed by atoms with Gasteiger partial charge in [-0.05, 0) is 46.6 Å². The van der Waals surface area contributed by atoms with Crippen LogP contribution in [0, 0.1) is 0 Å². The second-order valence-electron chi connectivity index (χ2n) is 4.00. The summed E-state index contributed by atoms with van der Waals surface area (Å²) in [6, 6.07) is 0. The Kier molecular flexibility index (Phi) is 8.00. The highest BCUT2D eigenvalue weighted by molar-refractivity contribution is 7.91. The molecule has 0 atom stereocenters. The summed E-state index contributed by atoms with van der Waals surface area (Å²) >= 11 is 0. The van der Waals surface area contributed by atoms with Crippen LogP contribution in [0.3, 0.4) is 0 Å². The van der Waals surface area contributed by atoms with Crippen molar-refractivity contribution < 1.29 is 8.42 Å². The van der Waals surface area contributed by atoms with Crippen LogP contribution in [0.25, 0.3) is 0 Å². The fourth-order valence-corrected chi connectivity index (χ4v) is 2.08. The van der Waals surface area contributed by atoms with Crippen molar-refractivity contribution in [2.75, 3.05) is 45.2 Å². The smallest absolute Gasteiger partial charge is 0.150 e. The van der Waals surface area contributed by atoms with Crippen molar-refractivity contribution in [3.63, 3.8) is 0 Å². The Balaban J connectivity index is 3.26. The third-order valence-corrected chi connectivity index (χ3v) is 4.00. The van der Waals surface area contributed by atoms with Gasteiger partial charge in [0.15, 0.2) is 0 Å². The molecule has 0 aromatic rings. The first-order valence-corrected chi connectivity index (χ1v) is 7.36. The van der Waals surface area contributed by atoms with Crippen molar-refractivity contribution in [2.45, 2.75) is 19.8 Å². The predicted octanol–water partition coefficient (Wildman–Crippen LogP) is 0.353. The highest BCUT2D eigenvalue weighted by Gasteiger charge is 2.05. The number of hydrogen-bond donors (Lipinski definition) is 1. The summed E-state index contributed by atoms with van der Waals surface area (Å²) in [7, 11) is 1.32. The molecule has 1 N–H and O–H groups in total. The van der Waals surface area contributed by atoms with Crippen LogP contribution < -0.4 is 5.32 Å². The summed E-state index contributed by atoms with van der Waals surface area (Å²) in [4.78, 5) is 2.14. The van der Waals surface area contributed by atoms with Crippen LogP contribution in [-0.4, -0.2) is 58.6 Å². The lowest BCUT2D eigenvalue weighted by Crippen LogP contribution is -2.23. The van der Waals surface area contributed by atoms with Gasteiger partial charge in [-0.2, -0.15) is 0 Å². The standard InChI is InChI=1S/C10H24N2O2S/c1-4-15(13,14)10-6-8-11-7-5-9-12(2)3/h11H,4-10H2,1-3H3. The summed E-state index contributed by atoms with van der Waals surface area (Å²) < 4.78 is 22.3. The van der Waals surface area contributed by atoms with Gasteiger partial charge in [-0.3, -0.25) is 0 Å². The second-order valence-corrected chi connectivity index (χ2v) is 6.47. The van der Waals surface area contributed by atoms with Crippen LogP contribution in [0.5, 0.6) is 0 Å². The van der Waals surface area contributed by atoms with E-state index in [2.05, 4.69) is 10.2 Å². The Morgan fingerprint density at radius 1 is 1.13 bits per heavy atom. The van der Waals surface area contributed by atoms with Gasteiger partial charge < -0.3 is 10.2 Å². The minimum atomic E-state index is -2.77. The van der Waals surface area contributed by atoms with E-state index in [4.69, 9.17) is 0 Å². The van der Waals surface area contributed by atoms with Gasteiger partial charge in [0.1, 0.15) is 9.84 Å². The van der Waals surface area contributed by atoms with Crippen LogP contribution in [0.1, 0.15) is 19.8 Å². The third kappa shape index (κ3) is 10.2. The van der Waals surface area contributed by atoms with Gasteiger partial charge in [0.05, 0.1) is 5.75 Å². The zero-order valence-electron chi connectivity index (χ0n) is 10.1. The van der Waals surface area contributed by atoms with E-state index in [1.807, 2.05) is 14.1 Å². The first-order chi connectivity index (χ1) is 6.98. The van der Waals surface area contributed by atoms with Crippen molar-refractivity contribution in [2.24, 2.45) is 0 Å². The maximum Gasteiger partial charge on any atom is 0.150 e. The lowest BCUT2D eigenvalue weighted by molar-refractivity contribution is 0.394. The fraction of sp³-hybridized carbons (Fsp3) is 1.00. The van der Waals surface area contributed by atoms with Crippen molar-refractivity contribution in [1.82, 2.24) is 10.2 Å². The summed E-state index contributed by atoms with van der Waals surface area (Å²) in [5.74, 6) is 0.567. The molecule has 0 fully saturated rings. The molecule has 0 aromatic carbocycles. The quantitative estimate of drug-likeness (QED) is 0.587. The highest BCUT2D eigenvalue weighted by Crippen LogP contribution is 1.92. The Hall–Kier alpha value is -0.130. The van der Waals surface area contributed by atoms with Gasteiger partial charge in [-0.25, -0.2) is 8.42 Å². The first-order valence-electron chi connectivity index (χ1n) is 5.54. The van der Waals surface area contributed by atoms with Gasteiger partial charge in [-0.15, -0.1) is 0 Å². The second kappa shape index (κ2) is 8.07. The van der Waals surface area contributed by atoms with Crippen molar-refractivity contribution in [3.05, 3.63) is 0 Å². The molecule has 0 heterocycles. The van der Waals surface area contributed by atoms with E-state index in [9.17, 15) is 8.42 Å². The largest absolute Gasteiger partial charge is 0.317 e. The molecular formula is C10H24N2O2S. The van der Waals surface area contributed by atoms with E-state index < -0.39 is 9.84 Å². The minimum Gasteiger partial charge on any atom is -0.317 e. The molecule has 0 aliphatic carbocycles. The summed E-state index contributed by atoms with van der Waals surface area (Å²) in [6.45, 7) is 4.52. The average Bonchev–Trinajstić information content (AvgIpc) is 2.16. The SMILES string of the molecule is CCS(=O)(=O)CCCNCCCN(C)C. The van der Waals surface area contributed by atoms with Gasteiger partial charge in [0.2, 0.25) is 0 Å². The number of nitrogens with one attached hydrogen (secondary N) is 1. The molecule has 5 heteroatoms. The molecule has 0 saturated carbocycles. The molecule has 0 aromatic heterocycles. The minimum absolute atomic E-state index is 0.258. The Morgan fingerprint density at radius 2 is 1.73 bits per heavy atom. The number of nitrogens with zero attached hydrogens (tertiary/aromatic N) is 1. The van der Waals surface area contributed by atoms with Crippen LogP contribution in [0.4, 0.5) is 0 Å². The monoisotopic (exact) mass is 236 g/mol. The number of sulfone groups is 1. The van der Waals surface area contributed by atoms with Crippen LogP contribution in [0.2, 0.25) is 0 Å². The van der Waals surface area contributed by atoms with Gasteiger partial charge in [0.25, 0.3) is 0 Å². The zero-order chi connectivity index (χ0) is 11.7. The summed E-state index contributed by atoms with van der Waals surface area (Å²) in [5, 5.41) is 3.25. The molecule has 15 heavy (non-hydrogen) atoms. The fourth-order valence-electron chi connectivity index (χ4n) is 1.21. The normalized spacial score (nSPS) is 12.3. The van der Waals surface area contributed by atoms with Crippen LogP contribution in [-0.2, 0) is 9.84 Å². The van der Waals surface area contributed by atoms with E-state index in [1.165, 1.54) is 0 Å². The van der Waals surface area contributed by atoms with Crippen molar-refractivity contribution >= 4 is 9.84 Å². The summed E-state index contributed by atoms with van der Waals surface area (Å²) in [6.07, 6.45) is 1.83. The maximum atomic E-state index is 11.1. The molecule has 0 aliphatic rings. The van der Waals surface area contributed by atoms with E-state index in [-0.39, 0.29) is 5.75 Å². The van der Waals surface area contributed by atoms with Crippen molar-refractivity contribution in [1.29, 1.82) is 0 Å². The predicted molar refractivity (Wildman–Crippen MR) is 65.0 cm³/mol. The Bertz CT molecular complexity index is 238. The average molecular weight is 236 g/mol. The topological polar surface area (TPSA) is 49.4 Å².